The Bertz CT molecular complexity index is 3150. The maximum absolute atomic E-state index is 2.47. The van der Waals surface area contributed by atoms with Gasteiger partial charge in [0.15, 0.2) is 0 Å². The van der Waals surface area contributed by atoms with Crippen molar-refractivity contribution in [2.24, 2.45) is 0 Å². The van der Waals surface area contributed by atoms with Gasteiger partial charge in [0.1, 0.15) is 0 Å². The van der Waals surface area contributed by atoms with E-state index in [9.17, 15) is 0 Å². The summed E-state index contributed by atoms with van der Waals surface area (Å²) in [5.41, 5.74) is 27.0. The molecule has 0 aliphatic carbocycles. The van der Waals surface area contributed by atoms with Crippen LogP contribution in [0.4, 0.5) is 51.2 Å². The molecule has 0 bridgehead atoms. The van der Waals surface area contributed by atoms with Gasteiger partial charge in [0.05, 0.1) is 16.8 Å². The first-order valence-corrected chi connectivity index (χ1v) is 24.0. The first-order chi connectivity index (χ1) is 32.8. The van der Waals surface area contributed by atoms with Crippen LogP contribution in [0.1, 0.15) is 77.9 Å². The molecule has 3 nitrogen and oxygen atoms in total. The van der Waals surface area contributed by atoms with Crippen LogP contribution < -0.4 is 14.7 Å². The lowest BCUT2D eigenvalue weighted by atomic mass is 9.62. The van der Waals surface area contributed by atoms with E-state index in [0.29, 0.717) is 0 Å². The second-order valence-electron chi connectivity index (χ2n) is 19.5. The highest BCUT2D eigenvalue weighted by Gasteiger charge is 2.46. The molecule has 0 saturated carbocycles. The van der Waals surface area contributed by atoms with Crippen LogP contribution in [0.25, 0.3) is 0 Å². The third-order valence-corrected chi connectivity index (χ3v) is 14.2. The predicted octanol–water partition coefficient (Wildman–Crippen LogP) is 17.9. The van der Waals surface area contributed by atoms with Gasteiger partial charge in [0, 0.05) is 39.8 Å². The average Bonchev–Trinajstić information content (AvgIpc) is 3.31. The van der Waals surface area contributed by atoms with Crippen LogP contribution in [0.15, 0.2) is 188 Å². The Kier molecular flexibility index (Phi) is 11.4. The first kappa shape index (κ1) is 44.2. The minimum atomic E-state index is -0.688. The lowest BCUT2D eigenvalue weighted by Gasteiger charge is -2.47. The summed E-state index contributed by atoms with van der Waals surface area (Å²) in [5.74, 6) is 0. The molecule has 336 valence electrons. The van der Waals surface area contributed by atoms with Crippen molar-refractivity contribution in [2.75, 3.05) is 14.7 Å². The number of benzene rings is 9. The number of hydrogen-bond acceptors (Lipinski definition) is 3. The molecule has 1 aliphatic rings. The molecule has 1 heterocycles. The van der Waals surface area contributed by atoms with Crippen LogP contribution >= 0.6 is 0 Å². The van der Waals surface area contributed by atoms with Crippen molar-refractivity contribution < 1.29 is 0 Å². The fraction of sp³-hybridized carbons (Fsp3) is 0.169. The third kappa shape index (κ3) is 7.86. The maximum Gasteiger partial charge on any atom is 0.0742 e. The van der Waals surface area contributed by atoms with E-state index in [1.807, 2.05) is 0 Å². The number of anilines is 9. The van der Waals surface area contributed by atoms with Crippen molar-refractivity contribution in [3.8, 4) is 0 Å². The number of para-hydroxylation sites is 1. The highest BCUT2D eigenvalue weighted by Crippen LogP contribution is 2.58. The Morgan fingerprint density at radius 1 is 0.294 bits per heavy atom. The van der Waals surface area contributed by atoms with E-state index in [1.54, 1.807) is 0 Å². The minimum absolute atomic E-state index is 0.688. The quantitative estimate of drug-likeness (QED) is 0.143. The zero-order valence-corrected chi connectivity index (χ0v) is 41.2. The largest absolute Gasteiger partial charge is 0.310 e. The van der Waals surface area contributed by atoms with Crippen LogP contribution in [-0.2, 0) is 5.41 Å². The molecule has 9 aromatic carbocycles. The molecular weight excluding hydrogens is 823 g/mol. The van der Waals surface area contributed by atoms with E-state index in [2.05, 4.69) is 272 Å². The molecule has 68 heavy (non-hydrogen) atoms. The van der Waals surface area contributed by atoms with Gasteiger partial charge in [-0.25, -0.2) is 0 Å². The van der Waals surface area contributed by atoms with Crippen molar-refractivity contribution in [1.29, 1.82) is 0 Å². The van der Waals surface area contributed by atoms with Gasteiger partial charge in [0.2, 0.25) is 0 Å². The summed E-state index contributed by atoms with van der Waals surface area (Å²) in [6.07, 6.45) is 0. The molecule has 0 unspecified atom stereocenters. The van der Waals surface area contributed by atoms with E-state index in [1.165, 1.54) is 89.3 Å². The SMILES string of the molecule is Cc1ccc(N2c3ccccc3C(c3ccc(N(c4cc(C)cc(C)c4)c4ccc(C)c(C)c4)cc3)(c3ccc(N(c4cc(C)cc(C)c4)c4ccc(C)c(C)c4)cc3)c3cc(C)ccc32)cc1. The fourth-order valence-corrected chi connectivity index (χ4v) is 10.7. The summed E-state index contributed by atoms with van der Waals surface area (Å²) >= 11 is 0. The Labute approximate surface area is 404 Å². The number of hydrogen-bond donors (Lipinski definition) is 0. The zero-order chi connectivity index (χ0) is 47.4. The van der Waals surface area contributed by atoms with Gasteiger partial charge in [-0.05, 0) is 233 Å². The molecule has 0 radical (unpaired) electrons. The lowest BCUT2D eigenvalue weighted by molar-refractivity contribution is 0.730. The lowest BCUT2D eigenvalue weighted by Crippen LogP contribution is -2.38. The van der Waals surface area contributed by atoms with Crippen molar-refractivity contribution in [3.05, 3.63) is 266 Å². The molecule has 0 atom stereocenters. The van der Waals surface area contributed by atoms with Crippen molar-refractivity contribution in [3.63, 3.8) is 0 Å². The summed E-state index contributed by atoms with van der Waals surface area (Å²) in [5, 5.41) is 0. The monoisotopic (exact) mass is 883 g/mol. The molecule has 0 amide bonds. The van der Waals surface area contributed by atoms with Gasteiger partial charge >= 0.3 is 0 Å². The summed E-state index contributed by atoms with van der Waals surface area (Å²) < 4.78 is 0. The second-order valence-corrected chi connectivity index (χ2v) is 19.5. The van der Waals surface area contributed by atoms with E-state index in [0.717, 1.165) is 39.8 Å². The molecule has 0 spiro atoms. The van der Waals surface area contributed by atoms with Crippen LogP contribution in [0.2, 0.25) is 0 Å². The van der Waals surface area contributed by atoms with Gasteiger partial charge in [-0.1, -0.05) is 102 Å². The predicted molar refractivity (Wildman–Crippen MR) is 290 cm³/mol. The van der Waals surface area contributed by atoms with Crippen molar-refractivity contribution in [2.45, 2.75) is 74.7 Å². The molecule has 10 rings (SSSR count). The van der Waals surface area contributed by atoms with Gasteiger partial charge < -0.3 is 14.7 Å². The first-order valence-electron chi connectivity index (χ1n) is 24.0. The molecule has 3 heteroatoms. The van der Waals surface area contributed by atoms with Gasteiger partial charge in [-0.3, -0.25) is 0 Å². The molecule has 9 aromatic rings. The Hall–Kier alpha value is -7.62. The normalized spacial score (nSPS) is 12.6. The van der Waals surface area contributed by atoms with Gasteiger partial charge in [-0.2, -0.15) is 0 Å². The second kappa shape index (κ2) is 17.6. The average molecular weight is 884 g/mol. The summed E-state index contributed by atoms with van der Waals surface area (Å²) in [7, 11) is 0. The molecular formula is C65H61N3. The van der Waals surface area contributed by atoms with E-state index in [-0.39, 0.29) is 0 Å². The molecule has 1 aliphatic heterocycles. The number of fused-ring (bicyclic) bond motifs is 2. The van der Waals surface area contributed by atoms with Gasteiger partial charge in [0.25, 0.3) is 0 Å². The molecule has 0 aromatic heterocycles. The minimum Gasteiger partial charge on any atom is -0.310 e. The van der Waals surface area contributed by atoms with Crippen molar-refractivity contribution >= 4 is 51.2 Å². The summed E-state index contributed by atoms with van der Waals surface area (Å²) in [6.45, 7) is 21.9. The van der Waals surface area contributed by atoms with Crippen LogP contribution in [0, 0.1) is 69.2 Å². The van der Waals surface area contributed by atoms with Crippen LogP contribution in [0.5, 0.6) is 0 Å². The summed E-state index contributed by atoms with van der Waals surface area (Å²) in [4.78, 5) is 7.30. The topological polar surface area (TPSA) is 9.72 Å². The van der Waals surface area contributed by atoms with E-state index < -0.39 is 5.41 Å². The van der Waals surface area contributed by atoms with E-state index in [4.69, 9.17) is 0 Å². The third-order valence-electron chi connectivity index (χ3n) is 14.2. The number of rotatable bonds is 9. The molecule has 0 fully saturated rings. The zero-order valence-electron chi connectivity index (χ0n) is 41.2. The highest BCUT2D eigenvalue weighted by molar-refractivity contribution is 5.90. The maximum atomic E-state index is 2.47. The molecule has 0 N–H and O–H groups in total. The Morgan fingerprint density at radius 2 is 0.721 bits per heavy atom. The standard InChI is InChI=1S/C65H61N3/c1-42-15-24-56(25-16-42)68-63-14-12-11-13-61(63)65(62-39-43(2)17-32-64(62)68,52-20-28-54(29-21-52)66(57-26-18-48(7)50(9)40-57)59-35-44(3)33-45(4)36-59)53-22-30-55(31-23-53)67(58-27-19-49(8)51(10)41-58)60-37-46(5)34-47(6)38-60/h11-41H,1-10H3. The van der Waals surface area contributed by atoms with Crippen LogP contribution in [-0.4, -0.2) is 0 Å². The smallest absolute Gasteiger partial charge is 0.0742 e. The van der Waals surface area contributed by atoms with Gasteiger partial charge in [-0.15, -0.1) is 0 Å². The Balaban J connectivity index is 1.22. The van der Waals surface area contributed by atoms with Crippen LogP contribution in [0.3, 0.4) is 0 Å². The molecule has 0 saturated heterocycles. The fourth-order valence-electron chi connectivity index (χ4n) is 10.7. The number of nitrogens with zero attached hydrogens (tertiary/aromatic N) is 3. The summed E-state index contributed by atoms with van der Waals surface area (Å²) in [6, 6.07) is 71.3. The Morgan fingerprint density at radius 3 is 1.19 bits per heavy atom. The number of aryl methyl sites for hydroxylation is 10. The highest BCUT2D eigenvalue weighted by atomic mass is 15.2. The van der Waals surface area contributed by atoms with E-state index >= 15 is 0 Å². The van der Waals surface area contributed by atoms with Crippen molar-refractivity contribution in [1.82, 2.24) is 0 Å².